The average Bonchev–Trinajstić information content (AvgIpc) is 2.27. The Morgan fingerprint density at radius 3 is 1.33 bits per heavy atom. The molecule has 4 nitrogen and oxygen atoms in total. The fraction of sp³-hybridized carbons (Fsp3) is 0.250. The van der Waals surface area contributed by atoms with E-state index in [9.17, 15) is 9.13 Å². The molecule has 1 aromatic carbocycles. The molecule has 15 heavy (non-hydrogen) atoms. The first-order valence-corrected chi connectivity index (χ1v) is 6.17. The van der Waals surface area contributed by atoms with Crippen LogP contribution >= 0.6 is 16.1 Å². The van der Waals surface area contributed by atoms with Crippen molar-refractivity contribution in [2.45, 2.75) is 0 Å². The quantitative estimate of drug-likeness (QED) is 0.586. The van der Waals surface area contributed by atoms with E-state index in [0.717, 1.165) is 0 Å². The SMILES string of the molecule is CO[P+](=O)c1ccc([P+](=O)OC)cc1.[AlH3]. The molecule has 7 heteroatoms. The van der Waals surface area contributed by atoms with Crippen molar-refractivity contribution in [3.8, 4) is 0 Å². The van der Waals surface area contributed by atoms with E-state index in [2.05, 4.69) is 9.05 Å². The third kappa shape index (κ3) is 4.09. The van der Waals surface area contributed by atoms with E-state index in [1.54, 1.807) is 24.3 Å². The standard InChI is InChI=1S/C8H10O4P2.Al.3H/c1-11-13(9)7-3-5-8(6-4-7)14(10)12-2;;;;/h3-6H,1-2H3;;;;/q+2;;;;. The maximum Gasteiger partial charge on any atom is 0.548 e. The summed E-state index contributed by atoms with van der Waals surface area (Å²) in [4.78, 5) is 0. The van der Waals surface area contributed by atoms with Crippen molar-refractivity contribution in [3.63, 3.8) is 0 Å². The second kappa shape index (κ2) is 7.20. The molecule has 0 fully saturated rings. The number of hydrogen-bond acceptors (Lipinski definition) is 4. The lowest BCUT2D eigenvalue weighted by Gasteiger charge is -1.85. The Kier molecular flexibility index (Phi) is 7.14. The van der Waals surface area contributed by atoms with E-state index in [-0.39, 0.29) is 17.4 Å². The molecule has 0 saturated carbocycles. The van der Waals surface area contributed by atoms with Gasteiger partial charge in [-0.2, -0.15) is 0 Å². The Morgan fingerprint density at radius 1 is 0.867 bits per heavy atom. The topological polar surface area (TPSA) is 52.6 Å². The first-order valence-electron chi connectivity index (χ1n) is 3.82. The van der Waals surface area contributed by atoms with E-state index >= 15 is 0 Å². The third-order valence-electron chi connectivity index (χ3n) is 1.60. The van der Waals surface area contributed by atoms with Crippen molar-refractivity contribution in [2.24, 2.45) is 0 Å². The van der Waals surface area contributed by atoms with Crippen LogP contribution in [0, 0.1) is 0 Å². The van der Waals surface area contributed by atoms with Crippen LogP contribution in [0.3, 0.4) is 0 Å². The minimum atomic E-state index is -1.80. The van der Waals surface area contributed by atoms with Crippen LogP contribution in [0.1, 0.15) is 0 Å². The fourth-order valence-corrected chi connectivity index (χ4v) is 2.11. The highest BCUT2D eigenvalue weighted by atomic mass is 31.1. The second-order valence-electron chi connectivity index (χ2n) is 2.40. The maximum atomic E-state index is 11.2. The molecule has 0 radical (unpaired) electrons. The minimum absolute atomic E-state index is 0. The molecule has 0 spiro atoms. The zero-order chi connectivity index (χ0) is 10.6. The normalized spacial score (nSPS) is 11.6. The maximum absolute atomic E-state index is 11.2. The average molecular weight is 262 g/mol. The van der Waals surface area contributed by atoms with Gasteiger partial charge in [-0.1, -0.05) is 0 Å². The molecule has 0 aliphatic carbocycles. The van der Waals surface area contributed by atoms with Crippen LogP contribution in [-0.4, -0.2) is 31.6 Å². The first kappa shape index (κ1) is 14.9. The highest BCUT2D eigenvalue weighted by Crippen LogP contribution is 2.22. The van der Waals surface area contributed by atoms with Crippen LogP contribution in [0.4, 0.5) is 0 Å². The van der Waals surface area contributed by atoms with Gasteiger partial charge in [-0.05, 0) is 33.4 Å². The Hall–Kier alpha value is -0.128. The fourth-order valence-electron chi connectivity index (χ4n) is 0.907. The summed E-state index contributed by atoms with van der Waals surface area (Å²) in [6, 6.07) is 6.46. The number of benzene rings is 1. The van der Waals surface area contributed by atoms with E-state index in [1.165, 1.54) is 14.2 Å². The molecule has 0 bridgehead atoms. The zero-order valence-corrected chi connectivity index (χ0v) is 9.63. The van der Waals surface area contributed by atoms with Crippen molar-refractivity contribution in [1.82, 2.24) is 0 Å². The van der Waals surface area contributed by atoms with Crippen molar-refractivity contribution in [3.05, 3.63) is 24.3 Å². The molecule has 0 saturated heterocycles. The Bertz CT molecular complexity index is 317. The van der Waals surface area contributed by atoms with Gasteiger partial charge in [0.05, 0.1) is 14.2 Å². The summed E-state index contributed by atoms with van der Waals surface area (Å²) in [6.07, 6.45) is 0. The molecular formula is C8H13AlO4P2+2. The zero-order valence-electron chi connectivity index (χ0n) is 7.84. The monoisotopic (exact) mass is 262 g/mol. The summed E-state index contributed by atoms with van der Waals surface area (Å²) in [7, 11) is -0.836. The molecule has 1 aromatic rings. The molecule has 0 N–H and O–H groups in total. The lowest BCUT2D eigenvalue weighted by molar-refractivity contribution is 0.422. The minimum Gasteiger partial charge on any atom is -0.145 e. The van der Waals surface area contributed by atoms with Gasteiger partial charge in [0.1, 0.15) is 0 Å². The van der Waals surface area contributed by atoms with Crippen molar-refractivity contribution in [1.29, 1.82) is 0 Å². The van der Waals surface area contributed by atoms with Gasteiger partial charge in [0, 0.05) is 0 Å². The Labute approximate surface area is 101 Å². The summed E-state index contributed by atoms with van der Waals surface area (Å²) in [6.45, 7) is 0. The van der Waals surface area contributed by atoms with Gasteiger partial charge < -0.3 is 0 Å². The highest BCUT2D eigenvalue weighted by Gasteiger charge is 2.24. The first-order chi connectivity index (χ1) is 6.69. The van der Waals surface area contributed by atoms with E-state index in [1.807, 2.05) is 0 Å². The molecule has 2 atom stereocenters. The van der Waals surface area contributed by atoms with Gasteiger partial charge in [-0.3, -0.25) is 0 Å². The predicted molar refractivity (Wildman–Crippen MR) is 64.9 cm³/mol. The van der Waals surface area contributed by atoms with Crippen molar-refractivity contribution in [2.75, 3.05) is 14.2 Å². The number of hydrogen-bond donors (Lipinski definition) is 0. The molecule has 0 aliphatic heterocycles. The second-order valence-corrected chi connectivity index (χ2v) is 5.19. The Morgan fingerprint density at radius 2 is 1.13 bits per heavy atom. The summed E-state index contributed by atoms with van der Waals surface area (Å²) in [5.41, 5.74) is 0. The molecular weight excluding hydrogens is 249 g/mol. The van der Waals surface area contributed by atoms with Gasteiger partial charge in [-0.15, -0.1) is 9.05 Å². The van der Waals surface area contributed by atoms with Gasteiger partial charge >= 0.3 is 16.1 Å². The van der Waals surface area contributed by atoms with Crippen LogP contribution in [0.15, 0.2) is 24.3 Å². The predicted octanol–water partition coefficient (Wildman–Crippen LogP) is 0.531. The van der Waals surface area contributed by atoms with E-state index in [4.69, 9.17) is 0 Å². The van der Waals surface area contributed by atoms with E-state index < -0.39 is 16.1 Å². The van der Waals surface area contributed by atoms with Crippen LogP contribution in [0.2, 0.25) is 0 Å². The molecule has 0 heterocycles. The molecule has 0 aliphatic rings. The third-order valence-corrected chi connectivity index (χ3v) is 3.71. The molecule has 0 aromatic heterocycles. The van der Waals surface area contributed by atoms with Gasteiger partial charge in [-0.25, -0.2) is 0 Å². The molecule has 2 unspecified atom stereocenters. The molecule has 80 valence electrons. The van der Waals surface area contributed by atoms with E-state index in [0.29, 0.717) is 10.6 Å². The van der Waals surface area contributed by atoms with Crippen LogP contribution in [0.25, 0.3) is 0 Å². The lowest BCUT2D eigenvalue weighted by Crippen LogP contribution is -2.03. The van der Waals surface area contributed by atoms with Crippen molar-refractivity contribution >= 4 is 44.0 Å². The smallest absolute Gasteiger partial charge is 0.145 e. The summed E-state index contributed by atoms with van der Waals surface area (Å²) < 4.78 is 31.7. The Balaban J connectivity index is 0.00000196. The van der Waals surface area contributed by atoms with Gasteiger partial charge in [0.15, 0.2) is 17.4 Å². The van der Waals surface area contributed by atoms with Gasteiger partial charge in [0.2, 0.25) is 10.6 Å². The number of rotatable bonds is 4. The van der Waals surface area contributed by atoms with Crippen LogP contribution < -0.4 is 10.6 Å². The van der Waals surface area contributed by atoms with Crippen LogP contribution in [-0.2, 0) is 18.2 Å². The largest absolute Gasteiger partial charge is 0.548 e. The van der Waals surface area contributed by atoms with Crippen molar-refractivity contribution < 1.29 is 18.2 Å². The summed E-state index contributed by atoms with van der Waals surface area (Å²) in [5.74, 6) is 0. The summed E-state index contributed by atoms with van der Waals surface area (Å²) >= 11 is 0. The summed E-state index contributed by atoms with van der Waals surface area (Å²) in [5, 5.41) is 1.15. The highest BCUT2D eigenvalue weighted by molar-refractivity contribution is 7.49. The molecule has 0 amide bonds. The molecule has 1 rings (SSSR count). The van der Waals surface area contributed by atoms with Gasteiger partial charge in [0.25, 0.3) is 0 Å². The lowest BCUT2D eigenvalue weighted by atomic mass is 10.4. The van der Waals surface area contributed by atoms with Crippen LogP contribution in [0.5, 0.6) is 0 Å².